The highest BCUT2D eigenvalue weighted by molar-refractivity contribution is 7.91. The standard InChI is InChI=1S/C24H31N3O4S2.ClH/c1-5-26(6-2)15-16-27(23(28)19-11-9-10-12-22(19)33(29,30)8-4)24-25-20-14-13-18(31-7-3)17-21(20)32-24;/h9-14,17H,5-8,15-16H2,1-4H3;1H. The molecule has 10 heteroatoms. The number of thiazole rings is 1. The maximum atomic E-state index is 13.7. The summed E-state index contributed by atoms with van der Waals surface area (Å²) in [5.41, 5.74) is 0.946. The molecule has 34 heavy (non-hydrogen) atoms. The quantitative estimate of drug-likeness (QED) is 0.354. The Balaban J connectivity index is 0.00000408. The predicted molar refractivity (Wildman–Crippen MR) is 142 cm³/mol. The number of halogens is 1. The fourth-order valence-electron chi connectivity index (χ4n) is 3.55. The predicted octanol–water partition coefficient (Wildman–Crippen LogP) is 4.90. The summed E-state index contributed by atoms with van der Waals surface area (Å²) in [6.45, 7) is 11.0. The topological polar surface area (TPSA) is 79.8 Å². The van der Waals surface area contributed by atoms with Crippen LogP contribution in [-0.4, -0.2) is 62.7 Å². The van der Waals surface area contributed by atoms with Crippen LogP contribution in [0.1, 0.15) is 38.1 Å². The van der Waals surface area contributed by atoms with E-state index in [2.05, 4.69) is 18.7 Å². The average Bonchev–Trinajstić information content (AvgIpc) is 3.25. The molecule has 0 fully saturated rings. The number of ether oxygens (including phenoxy) is 1. The Hall–Kier alpha value is -2.20. The number of fused-ring (bicyclic) bond motifs is 1. The van der Waals surface area contributed by atoms with Gasteiger partial charge < -0.3 is 9.64 Å². The maximum absolute atomic E-state index is 13.7. The van der Waals surface area contributed by atoms with Crippen LogP contribution in [0.2, 0.25) is 0 Å². The zero-order chi connectivity index (χ0) is 24.0. The van der Waals surface area contributed by atoms with Gasteiger partial charge in [-0.1, -0.05) is 44.2 Å². The molecule has 7 nitrogen and oxygen atoms in total. The first-order valence-electron chi connectivity index (χ1n) is 11.2. The van der Waals surface area contributed by atoms with Gasteiger partial charge in [-0.05, 0) is 50.3 Å². The highest BCUT2D eigenvalue weighted by Gasteiger charge is 2.27. The minimum Gasteiger partial charge on any atom is -0.494 e. The molecule has 0 radical (unpaired) electrons. The third kappa shape index (κ3) is 6.27. The number of amides is 1. The first-order chi connectivity index (χ1) is 15.8. The van der Waals surface area contributed by atoms with Crippen molar-refractivity contribution >= 4 is 54.8 Å². The first kappa shape index (κ1) is 28.0. The molecule has 2 aromatic carbocycles. The Kier molecular flexibility index (Phi) is 10.3. The molecule has 0 atom stereocenters. The lowest BCUT2D eigenvalue weighted by atomic mass is 10.2. The fourth-order valence-corrected chi connectivity index (χ4v) is 5.65. The van der Waals surface area contributed by atoms with Crippen molar-refractivity contribution in [2.45, 2.75) is 32.6 Å². The van der Waals surface area contributed by atoms with Gasteiger partial charge in [0.2, 0.25) is 0 Å². The second kappa shape index (κ2) is 12.5. The number of hydrogen-bond acceptors (Lipinski definition) is 7. The maximum Gasteiger partial charge on any atom is 0.261 e. The van der Waals surface area contributed by atoms with Crippen LogP contribution < -0.4 is 9.64 Å². The monoisotopic (exact) mass is 525 g/mol. The van der Waals surface area contributed by atoms with Gasteiger partial charge in [-0.25, -0.2) is 13.4 Å². The van der Waals surface area contributed by atoms with E-state index in [4.69, 9.17) is 9.72 Å². The molecule has 186 valence electrons. The van der Waals surface area contributed by atoms with Crippen molar-refractivity contribution < 1.29 is 17.9 Å². The lowest BCUT2D eigenvalue weighted by Crippen LogP contribution is -2.39. The molecule has 0 aliphatic heterocycles. The molecule has 0 aliphatic carbocycles. The number of carbonyl (C=O) groups is 1. The van der Waals surface area contributed by atoms with E-state index in [1.165, 1.54) is 17.4 Å². The molecule has 0 bridgehead atoms. The molecule has 0 saturated carbocycles. The van der Waals surface area contributed by atoms with Crippen molar-refractivity contribution in [1.29, 1.82) is 0 Å². The van der Waals surface area contributed by atoms with E-state index < -0.39 is 9.84 Å². The summed E-state index contributed by atoms with van der Waals surface area (Å²) in [5, 5.41) is 0.541. The summed E-state index contributed by atoms with van der Waals surface area (Å²) in [7, 11) is -3.56. The zero-order valence-corrected chi connectivity index (χ0v) is 22.4. The Morgan fingerprint density at radius 2 is 1.74 bits per heavy atom. The van der Waals surface area contributed by atoms with Gasteiger partial charge in [0.25, 0.3) is 5.91 Å². The number of rotatable bonds is 11. The average molecular weight is 526 g/mol. The van der Waals surface area contributed by atoms with Crippen LogP contribution in [0.4, 0.5) is 5.13 Å². The number of anilines is 1. The number of aromatic nitrogens is 1. The van der Waals surface area contributed by atoms with Crippen LogP contribution >= 0.6 is 23.7 Å². The van der Waals surface area contributed by atoms with Crippen LogP contribution in [0.5, 0.6) is 5.75 Å². The molecule has 3 rings (SSSR count). The molecule has 1 amide bonds. The SMILES string of the molecule is CCOc1ccc2nc(N(CCN(CC)CC)C(=O)c3ccccc3S(=O)(=O)CC)sc2c1.Cl. The Morgan fingerprint density at radius 3 is 2.38 bits per heavy atom. The molecule has 1 aromatic heterocycles. The minimum absolute atomic E-state index is 0. The van der Waals surface area contributed by atoms with E-state index in [-0.39, 0.29) is 34.5 Å². The van der Waals surface area contributed by atoms with E-state index in [1.54, 1.807) is 30.0 Å². The molecule has 0 N–H and O–H groups in total. The molecular formula is C24H32ClN3O4S2. The molecule has 0 aliphatic rings. The van der Waals surface area contributed by atoms with Gasteiger partial charge in [-0.3, -0.25) is 9.69 Å². The van der Waals surface area contributed by atoms with E-state index in [1.807, 2.05) is 25.1 Å². The van der Waals surface area contributed by atoms with Crippen LogP contribution in [0.3, 0.4) is 0 Å². The van der Waals surface area contributed by atoms with Gasteiger partial charge in [0, 0.05) is 13.1 Å². The van der Waals surface area contributed by atoms with Crippen LogP contribution in [0.15, 0.2) is 47.4 Å². The third-order valence-corrected chi connectivity index (χ3v) is 8.33. The van der Waals surface area contributed by atoms with Gasteiger partial charge in [0.15, 0.2) is 15.0 Å². The highest BCUT2D eigenvalue weighted by Crippen LogP contribution is 2.33. The smallest absolute Gasteiger partial charge is 0.261 e. The molecule has 1 heterocycles. The van der Waals surface area contributed by atoms with E-state index in [0.29, 0.717) is 24.8 Å². The first-order valence-corrected chi connectivity index (χ1v) is 13.7. The molecule has 0 unspecified atom stereocenters. The molecule has 3 aromatic rings. The molecule has 0 saturated heterocycles. The van der Waals surface area contributed by atoms with E-state index in [9.17, 15) is 13.2 Å². The largest absolute Gasteiger partial charge is 0.494 e. The van der Waals surface area contributed by atoms with Crippen molar-refractivity contribution in [2.24, 2.45) is 0 Å². The normalized spacial score (nSPS) is 11.4. The van der Waals surface area contributed by atoms with Crippen molar-refractivity contribution in [2.75, 3.05) is 43.4 Å². The number of benzene rings is 2. The van der Waals surface area contributed by atoms with Crippen molar-refractivity contribution in [3.8, 4) is 5.75 Å². The van der Waals surface area contributed by atoms with Gasteiger partial charge >= 0.3 is 0 Å². The summed E-state index contributed by atoms with van der Waals surface area (Å²) in [6, 6.07) is 12.1. The highest BCUT2D eigenvalue weighted by atomic mass is 35.5. The summed E-state index contributed by atoms with van der Waals surface area (Å²) in [4.78, 5) is 22.3. The Bertz CT molecular complexity index is 1210. The van der Waals surface area contributed by atoms with Crippen molar-refractivity contribution in [3.05, 3.63) is 48.0 Å². The van der Waals surface area contributed by atoms with Gasteiger partial charge in [-0.2, -0.15) is 0 Å². The van der Waals surface area contributed by atoms with Crippen LogP contribution in [-0.2, 0) is 9.84 Å². The summed E-state index contributed by atoms with van der Waals surface area (Å²) in [5.74, 6) is 0.317. The van der Waals surface area contributed by atoms with Crippen LogP contribution in [0.25, 0.3) is 10.2 Å². The number of nitrogens with zero attached hydrogens (tertiary/aromatic N) is 3. The summed E-state index contributed by atoms with van der Waals surface area (Å²) in [6.07, 6.45) is 0. The second-order valence-corrected chi connectivity index (χ2v) is 10.7. The lowest BCUT2D eigenvalue weighted by Gasteiger charge is -2.25. The zero-order valence-electron chi connectivity index (χ0n) is 20.0. The van der Waals surface area contributed by atoms with E-state index >= 15 is 0 Å². The van der Waals surface area contributed by atoms with E-state index in [0.717, 1.165) is 29.1 Å². The van der Waals surface area contributed by atoms with Gasteiger partial charge in [0.1, 0.15) is 5.75 Å². The Morgan fingerprint density at radius 1 is 1.03 bits per heavy atom. The summed E-state index contributed by atoms with van der Waals surface area (Å²) < 4.78 is 31.9. The molecule has 0 spiro atoms. The third-order valence-electron chi connectivity index (χ3n) is 5.50. The van der Waals surface area contributed by atoms with Gasteiger partial charge in [-0.15, -0.1) is 12.4 Å². The Labute approximate surface area is 212 Å². The van der Waals surface area contributed by atoms with Gasteiger partial charge in [0.05, 0.1) is 33.0 Å². The van der Waals surface area contributed by atoms with Crippen LogP contribution in [0, 0.1) is 0 Å². The lowest BCUT2D eigenvalue weighted by molar-refractivity contribution is 0.0980. The van der Waals surface area contributed by atoms with Crippen molar-refractivity contribution in [3.63, 3.8) is 0 Å². The summed E-state index contributed by atoms with van der Waals surface area (Å²) >= 11 is 1.40. The van der Waals surface area contributed by atoms with Crippen molar-refractivity contribution in [1.82, 2.24) is 9.88 Å². The molecular weight excluding hydrogens is 494 g/mol. The number of likely N-dealkylation sites (N-methyl/N-ethyl adjacent to an activating group) is 1. The second-order valence-electron chi connectivity index (χ2n) is 7.44. The number of hydrogen-bond donors (Lipinski definition) is 0. The number of carbonyl (C=O) groups excluding carboxylic acids is 1. The minimum atomic E-state index is -3.56. The fraction of sp³-hybridized carbons (Fsp3) is 0.417. The number of sulfone groups is 1.